The van der Waals surface area contributed by atoms with E-state index >= 15 is 0 Å². The first kappa shape index (κ1) is 14.1. The molecule has 0 unspecified atom stereocenters. The van der Waals surface area contributed by atoms with Gasteiger partial charge in [0.1, 0.15) is 9.71 Å². The van der Waals surface area contributed by atoms with Crippen LogP contribution in [0.5, 0.6) is 0 Å². The van der Waals surface area contributed by atoms with E-state index in [1.54, 1.807) is 28.0 Å². The molecule has 0 radical (unpaired) electrons. The summed E-state index contributed by atoms with van der Waals surface area (Å²) in [7, 11) is 3.67. The summed E-state index contributed by atoms with van der Waals surface area (Å²) >= 11 is 3.04. The molecule has 3 aromatic heterocycles. The van der Waals surface area contributed by atoms with E-state index in [1.165, 1.54) is 11.3 Å². The maximum atomic E-state index is 12.6. The Morgan fingerprint density at radius 1 is 1.52 bits per heavy atom. The average molecular weight is 320 g/mol. The summed E-state index contributed by atoms with van der Waals surface area (Å²) in [4.78, 5) is 15.9. The third-order valence-electron chi connectivity index (χ3n) is 3.42. The van der Waals surface area contributed by atoms with Gasteiger partial charge in [-0.25, -0.2) is 0 Å². The van der Waals surface area contributed by atoms with Crippen LogP contribution in [0.3, 0.4) is 0 Å². The van der Waals surface area contributed by atoms with Crippen molar-refractivity contribution in [2.45, 2.75) is 13.5 Å². The monoisotopic (exact) mass is 320 g/mol. The first-order chi connectivity index (χ1) is 9.99. The molecule has 3 aromatic rings. The Labute approximate surface area is 130 Å². The van der Waals surface area contributed by atoms with Crippen molar-refractivity contribution in [1.29, 1.82) is 0 Å². The second-order valence-corrected chi connectivity index (χ2v) is 6.81. The number of carbonyl (C=O) groups is 1. The van der Waals surface area contributed by atoms with Crippen molar-refractivity contribution < 1.29 is 4.79 Å². The summed E-state index contributed by atoms with van der Waals surface area (Å²) in [5.41, 5.74) is 8.72. The van der Waals surface area contributed by atoms with E-state index in [0.29, 0.717) is 17.1 Å². The third kappa shape index (κ3) is 2.32. The number of nitrogens with zero attached hydrogens (tertiary/aromatic N) is 3. The molecule has 1 amide bonds. The molecule has 0 aliphatic rings. The number of aromatic nitrogens is 2. The van der Waals surface area contributed by atoms with Crippen LogP contribution in [0.2, 0.25) is 0 Å². The molecule has 0 aliphatic carbocycles. The number of anilines is 1. The summed E-state index contributed by atoms with van der Waals surface area (Å²) in [6, 6.07) is 2.02. The minimum atomic E-state index is -0.0423. The van der Waals surface area contributed by atoms with Gasteiger partial charge in [-0.15, -0.1) is 11.3 Å². The normalized spacial score (nSPS) is 11.2. The molecule has 21 heavy (non-hydrogen) atoms. The maximum Gasteiger partial charge on any atom is 0.266 e. The average Bonchev–Trinajstić information content (AvgIpc) is 3.10. The van der Waals surface area contributed by atoms with Gasteiger partial charge in [0.05, 0.1) is 16.8 Å². The molecule has 0 atom stereocenters. The number of hydrogen-bond acceptors (Lipinski definition) is 5. The molecule has 110 valence electrons. The minimum absolute atomic E-state index is 0.0423. The zero-order valence-electron chi connectivity index (χ0n) is 12.1. The maximum absolute atomic E-state index is 12.6. The van der Waals surface area contributed by atoms with Crippen molar-refractivity contribution in [3.63, 3.8) is 0 Å². The fraction of sp³-hybridized carbons (Fsp3) is 0.286. The Morgan fingerprint density at radius 2 is 2.29 bits per heavy atom. The molecule has 0 fully saturated rings. The van der Waals surface area contributed by atoms with Gasteiger partial charge in [0.25, 0.3) is 5.91 Å². The van der Waals surface area contributed by atoms with Crippen molar-refractivity contribution in [2.75, 3.05) is 12.8 Å². The van der Waals surface area contributed by atoms with Crippen LogP contribution in [0.4, 0.5) is 5.69 Å². The van der Waals surface area contributed by atoms with E-state index in [-0.39, 0.29) is 5.91 Å². The van der Waals surface area contributed by atoms with Crippen LogP contribution < -0.4 is 5.73 Å². The van der Waals surface area contributed by atoms with E-state index in [0.717, 1.165) is 21.5 Å². The number of aryl methyl sites for hydroxylation is 2. The first-order valence-electron chi connectivity index (χ1n) is 6.47. The highest BCUT2D eigenvalue weighted by molar-refractivity contribution is 7.21. The smallest absolute Gasteiger partial charge is 0.266 e. The lowest BCUT2D eigenvalue weighted by atomic mass is 10.2. The Hall–Kier alpha value is -1.86. The number of amides is 1. The van der Waals surface area contributed by atoms with E-state index in [2.05, 4.69) is 5.10 Å². The number of nitrogen functional groups attached to an aromatic ring is 1. The van der Waals surface area contributed by atoms with Gasteiger partial charge in [0, 0.05) is 20.6 Å². The molecule has 0 aliphatic heterocycles. The number of thiophene rings is 2. The van der Waals surface area contributed by atoms with Crippen LogP contribution >= 0.6 is 22.7 Å². The van der Waals surface area contributed by atoms with E-state index in [9.17, 15) is 4.79 Å². The highest BCUT2D eigenvalue weighted by atomic mass is 32.1. The standard InChI is InChI=1S/C14H16N4OS2/c1-8-10-11(15)12(21-14(10)18(3)16-8)13(19)17(2)6-9-4-5-20-7-9/h4-5,7H,6,15H2,1-3H3. The molecule has 3 rings (SSSR count). The lowest BCUT2D eigenvalue weighted by Crippen LogP contribution is -2.25. The SMILES string of the molecule is Cc1nn(C)c2sc(C(=O)N(C)Cc3ccsc3)c(N)c12. The molecule has 0 bridgehead atoms. The van der Waals surface area contributed by atoms with Crippen molar-refractivity contribution in [1.82, 2.24) is 14.7 Å². The zero-order chi connectivity index (χ0) is 15.1. The molecule has 0 saturated heterocycles. The summed E-state index contributed by atoms with van der Waals surface area (Å²) in [6.07, 6.45) is 0. The van der Waals surface area contributed by atoms with Crippen LogP contribution in [0.25, 0.3) is 10.2 Å². The summed E-state index contributed by atoms with van der Waals surface area (Å²) in [6.45, 7) is 2.50. The lowest BCUT2D eigenvalue weighted by molar-refractivity contribution is 0.0791. The second-order valence-electron chi connectivity index (χ2n) is 5.03. The van der Waals surface area contributed by atoms with E-state index < -0.39 is 0 Å². The number of rotatable bonds is 3. The van der Waals surface area contributed by atoms with Crippen LogP contribution in [-0.4, -0.2) is 27.6 Å². The van der Waals surface area contributed by atoms with E-state index in [4.69, 9.17) is 5.73 Å². The zero-order valence-corrected chi connectivity index (χ0v) is 13.7. The minimum Gasteiger partial charge on any atom is -0.397 e. The predicted molar refractivity (Wildman–Crippen MR) is 87.9 cm³/mol. The molecule has 0 spiro atoms. The Bertz CT molecular complexity index is 801. The van der Waals surface area contributed by atoms with Crippen molar-refractivity contribution in [3.05, 3.63) is 33.0 Å². The van der Waals surface area contributed by atoms with Gasteiger partial charge in [-0.2, -0.15) is 16.4 Å². The van der Waals surface area contributed by atoms with Crippen LogP contribution in [-0.2, 0) is 13.6 Å². The molecule has 3 heterocycles. The first-order valence-corrected chi connectivity index (χ1v) is 8.23. The quantitative estimate of drug-likeness (QED) is 0.807. The summed E-state index contributed by atoms with van der Waals surface area (Å²) in [5.74, 6) is -0.0423. The Morgan fingerprint density at radius 3 is 2.90 bits per heavy atom. The van der Waals surface area contributed by atoms with Crippen molar-refractivity contribution in [2.24, 2.45) is 7.05 Å². The lowest BCUT2D eigenvalue weighted by Gasteiger charge is -2.15. The van der Waals surface area contributed by atoms with Crippen molar-refractivity contribution in [3.8, 4) is 0 Å². The van der Waals surface area contributed by atoms with Gasteiger partial charge in [0.15, 0.2) is 0 Å². The molecular formula is C14H16N4OS2. The molecule has 2 N–H and O–H groups in total. The number of hydrogen-bond donors (Lipinski definition) is 1. The van der Waals surface area contributed by atoms with Gasteiger partial charge < -0.3 is 10.6 Å². The molecule has 0 aromatic carbocycles. The summed E-state index contributed by atoms with van der Waals surface area (Å²) in [5, 5.41) is 9.30. The van der Waals surface area contributed by atoms with Crippen LogP contribution in [0.1, 0.15) is 20.9 Å². The fourth-order valence-corrected chi connectivity index (χ4v) is 4.23. The highest BCUT2D eigenvalue weighted by Crippen LogP contribution is 2.36. The molecule has 5 nitrogen and oxygen atoms in total. The number of fused-ring (bicyclic) bond motifs is 1. The topological polar surface area (TPSA) is 64.2 Å². The van der Waals surface area contributed by atoms with Crippen molar-refractivity contribution >= 4 is 44.5 Å². The fourth-order valence-electron chi connectivity index (χ4n) is 2.39. The number of nitrogens with two attached hydrogens (primary N) is 1. The molecular weight excluding hydrogens is 304 g/mol. The van der Waals surface area contributed by atoms with Gasteiger partial charge in [-0.3, -0.25) is 9.48 Å². The number of carbonyl (C=O) groups excluding carboxylic acids is 1. The Kier molecular flexibility index (Phi) is 3.46. The van der Waals surface area contributed by atoms with Crippen LogP contribution in [0, 0.1) is 6.92 Å². The van der Waals surface area contributed by atoms with Gasteiger partial charge in [0.2, 0.25) is 0 Å². The third-order valence-corrected chi connectivity index (χ3v) is 5.42. The predicted octanol–water partition coefficient (Wildman–Crippen LogP) is 2.86. The Balaban J connectivity index is 1.94. The van der Waals surface area contributed by atoms with Crippen LogP contribution in [0.15, 0.2) is 16.8 Å². The second kappa shape index (κ2) is 5.16. The largest absolute Gasteiger partial charge is 0.397 e. The molecule has 7 heteroatoms. The van der Waals surface area contributed by atoms with E-state index in [1.807, 2.05) is 30.8 Å². The van der Waals surface area contributed by atoms with Gasteiger partial charge in [-0.1, -0.05) is 0 Å². The van der Waals surface area contributed by atoms with Gasteiger partial charge in [-0.05, 0) is 29.3 Å². The molecule has 0 saturated carbocycles. The van der Waals surface area contributed by atoms with Gasteiger partial charge >= 0.3 is 0 Å². The highest BCUT2D eigenvalue weighted by Gasteiger charge is 2.23. The summed E-state index contributed by atoms with van der Waals surface area (Å²) < 4.78 is 1.78.